The van der Waals surface area contributed by atoms with E-state index in [2.05, 4.69) is 27.0 Å². The second-order valence-electron chi connectivity index (χ2n) is 4.06. The molecule has 1 heterocycles. The maximum absolute atomic E-state index is 8.91. The highest BCUT2D eigenvalue weighted by Gasteiger charge is 2.08. The third kappa shape index (κ3) is 2.93. The summed E-state index contributed by atoms with van der Waals surface area (Å²) < 4.78 is 0. The Morgan fingerprint density at radius 3 is 2.88 bits per heavy atom. The molecule has 0 radical (unpaired) electrons. The minimum atomic E-state index is 0.180. The van der Waals surface area contributed by atoms with E-state index >= 15 is 0 Å². The largest absolute Gasteiger partial charge is 0.395 e. The number of H-pyrrole nitrogens is 1. The Hall–Kier alpha value is -1.65. The topological polar surface area (TPSA) is 52.1 Å². The number of benzene rings is 1. The van der Waals surface area contributed by atoms with Crippen LogP contribution in [0, 0.1) is 0 Å². The molecular formula is C13H17N3O. The van der Waals surface area contributed by atoms with Gasteiger partial charge in [0.1, 0.15) is 5.82 Å². The van der Waals surface area contributed by atoms with Crippen molar-refractivity contribution < 1.29 is 5.11 Å². The Balaban J connectivity index is 2.22. The number of likely N-dealkylation sites (N-methyl/N-ethyl adjacent to an activating group) is 1. The molecule has 0 fully saturated rings. The lowest BCUT2D eigenvalue weighted by Gasteiger charge is -2.16. The molecule has 1 aromatic carbocycles. The molecule has 0 spiro atoms. The smallest absolute Gasteiger partial charge is 0.137 e. The fourth-order valence-corrected chi connectivity index (χ4v) is 1.84. The van der Waals surface area contributed by atoms with Crippen LogP contribution in [0.3, 0.4) is 0 Å². The summed E-state index contributed by atoms with van der Waals surface area (Å²) in [6, 6.07) is 8.18. The van der Waals surface area contributed by atoms with Gasteiger partial charge in [-0.1, -0.05) is 24.3 Å². The summed E-state index contributed by atoms with van der Waals surface area (Å²) in [5.41, 5.74) is 2.32. The molecule has 0 saturated heterocycles. The summed E-state index contributed by atoms with van der Waals surface area (Å²) >= 11 is 0. The van der Waals surface area contributed by atoms with Gasteiger partial charge in [-0.05, 0) is 12.6 Å². The van der Waals surface area contributed by atoms with E-state index in [1.807, 2.05) is 25.4 Å². The van der Waals surface area contributed by atoms with Crippen LogP contribution in [-0.4, -0.2) is 40.2 Å². The number of hydrogen-bond acceptors (Lipinski definition) is 3. The standard InChI is InChI=1S/C13H17N3O/c1-16(8-9-17)10-11-4-2-3-5-12(11)13-14-6-7-15-13/h2-7,17H,8-10H2,1H3,(H,14,15). The number of nitrogens with one attached hydrogen (secondary N) is 1. The summed E-state index contributed by atoms with van der Waals surface area (Å²) in [6.45, 7) is 1.66. The van der Waals surface area contributed by atoms with Crippen LogP contribution in [0.1, 0.15) is 5.56 Å². The van der Waals surface area contributed by atoms with Crippen molar-refractivity contribution in [3.8, 4) is 11.4 Å². The van der Waals surface area contributed by atoms with Crippen molar-refractivity contribution in [1.29, 1.82) is 0 Å². The van der Waals surface area contributed by atoms with Gasteiger partial charge in [0.15, 0.2) is 0 Å². The van der Waals surface area contributed by atoms with Crippen molar-refractivity contribution in [2.45, 2.75) is 6.54 Å². The molecule has 17 heavy (non-hydrogen) atoms. The summed E-state index contributed by atoms with van der Waals surface area (Å²) in [5, 5.41) is 8.91. The van der Waals surface area contributed by atoms with Crippen molar-refractivity contribution in [3.05, 3.63) is 42.2 Å². The maximum atomic E-state index is 8.91. The van der Waals surface area contributed by atoms with Gasteiger partial charge in [-0.15, -0.1) is 0 Å². The van der Waals surface area contributed by atoms with E-state index in [1.54, 1.807) is 6.20 Å². The molecule has 4 heteroatoms. The lowest BCUT2D eigenvalue weighted by Crippen LogP contribution is -2.21. The first kappa shape index (κ1) is 11.8. The Morgan fingerprint density at radius 2 is 2.18 bits per heavy atom. The molecule has 4 nitrogen and oxygen atoms in total. The summed E-state index contributed by atoms with van der Waals surface area (Å²) in [6.07, 6.45) is 3.58. The lowest BCUT2D eigenvalue weighted by molar-refractivity contribution is 0.217. The van der Waals surface area contributed by atoms with Gasteiger partial charge >= 0.3 is 0 Å². The zero-order valence-corrected chi connectivity index (χ0v) is 9.93. The van der Waals surface area contributed by atoms with Crippen LogP contribution in [0.5, 0.6) is 0 Å². The van der Waals surface area contributed by atoms with E-state index in [4.69, 9.17) is 5.11 Å². The SMILES string of the molecule is CN(CCO)Cc1ccccc1-c1ncc[nH]1. The van der Waals surface area contributed by atoms with Crippen molar-refractivity contribution in [2.24, 2.45) is 0 Å². The molecule has 0 aliphatic rings. The first-order chi connectivity index (χ1) is 8.31. The quantitative estimate of drug-likeness (QED) is 0.820. The third-order valence-electron chi connectivity index (χ3n) is 2.69. The number of hydrogen-bond donors (Lipinski definition) is 2. The Bertz CT molecular complexity index is 453. The molecule has 90 valence electrons. The molecule has 2 aromatic rings. The van der Waals surface area contributed by atoms with Crippen molar-refractivity contribution >= 4 is 0 Å². The second-order valence-corrected chi connectivity index (χ2v) is 4.06. The fourth-order valence-electron chi connectivity index (χ4n) is 1.84. The molecule has 2 rings (SSSR count). The average Bonchev–Trinajstić information content (AvgIpc) is 2.83. The number of aliphatic hydroxyl groups is 1. The van der Waals surface area contributed by atoms with E-state index in [0.29, 0.717) is 6.54 Å². The number of imidazole rings is 1. The normalized spacial score (nSPS) is 11.0. The van der Waals surface area contributed by atoms with Gasteiger partial charge in [-0.25, -0.2) is 4.98 Å². The molecule has 0 atom stereocenters. The fraction of sp³-hybridized carbons (Fsp3) is 0.308. The molecule has 0 aliphatic heterocycles. The van der Waals surface area contributed by atoms with Gasteiger partial charge in [0.05, 0.1) is 6.61 Å². The van der Waals surface area contributed by atoms with Crippen LogP contribution in [0.25, 0.3) is 11.4 Å². The van der Waals surface area contributed by atoms with Gasteiger partial charge in [0.25, 0.3) is 0 Å². The van der Waals surface area contributed by atoms with Gasteiger partial charge in [-0.3, -0.25) is 4.90 Å². The molecule has 0 saturated carbocycles. The minimum absolute atomic E-state index is 0.180. The Kier molecular flexibility index (Phi) is 3.90. The zero-order valence-electron chi connectivity index (χ0n) is 9.93. The maximum Gasteiger partial charge on any atom is 0.137 e. The predicted molar refractivity (Wildman–Crippen MR) is 67.4 cm³/mol. The van der Waals surface area contributed by atoms with E-state index < -0.39 is 0 Å². The molecule has 1 aromatic heterocycles. The molecule has 0 bridgehead atoms. The van der Waals surface area contributed by atoms with Crippen molar-refractivity contribution in [1.82, 2.24) is 14.9 Å². The summed E-state index contributed by atoms with van der Waals surface area (Å²) in [7, 11) is 2.00. The van der Waals surface area contributed by atoms with E-state index in [-0.39, 0.29) is 6.61 Å². The van der Waals surface area contributed by atoms with Crippen LogP contribution < -0.4 is 0 Å². The number of aromatic amines is 1. The molecule has 0 amide bonds. The zero-order chi connectivity index (χ0) is 12.1. The van der Waals surface area contributed by atoms with E-state index in [1.165, 1.54) is 5.56 Å². The summed E-state index contributed by atoms with van der Waals surface area (Å²) in [4.78, 5) is 9.48. The molecular weight excluding hydrogens is 214 g/mol. The highest BCUT2D eigenvalue weighted by atomic mass is 16.3. The highest BCUT2D eigenvalue weighted by Crippen LogP contribution is 2.20. The Morgan fingerprint density at radius 1 is 1.35 bits per heavy atom. The summed E-state index contributed by atoms with van der Waals surface area (Å²) in [5.74, 6) is 0.887. The lowest BCUT2D eigenvalue weighted by atomic mass is 10.1. The van der Waals surface area contributed by atoms with Crippen LogP contribution in [0.15, 0.2) is 36.7 Å². The van der Waals surface area contributed by atoms with Gasteiger partial charge in [0.2, 0.25) is 0 Å². The number of nitrogens with zero attached hydrogens (tertiary/aromatic N) is 2. The number of aromatic nitrogens is 2. The van der Waals surface area contributed by atoms with E-state index in [0.717, 1.165) is 17.9 Å². The molecule has 0 unspecified atom stereocenters. The monoisotopic (exact) mass is 231 g/mol. The van der Waals surface area contributed by atoms with E-state index in [9.17, 15) is 0 Å². The molecule has 2 N–H and O–H groups in total. The van der Waals surface area contributed by atoms with Crippen LogP contribution in [0.2, 0.25) is 0 Å². The predicted octanol–water partition coefficient (Wildman–Crippen LogP) is 1.50. The molecule has 0 aliphatic carbocycles. The van der Waals surface area contributed by atoms with Crippen molar-refractivity contribution in [3.63, 3.8) is 0 Å². The number of rotatable bonds is 5. The van der Waals surface area contributed by atoms with Gasteiger partial charge in [-0.2, -0.15) is 0 Å². The van der Waals surface area contributed by atoms with Gasteiger partial charge < -0.3 is 10.1 Å². The van der Waals surface area contributed by atoms with Crippen LogP contribution in [-0.2, 0) is 6.54 Å². The van der Waals surface area contributed by atoms with Crippen LogP contribution in [0.4, 0.5) is 0 Å². The number of aliphatic hydroxyl groups excluding tert-OH is 1. The minimum Gasteiger partial charge on any atom is -0.395 e. The highest BCUT2D eigenvalue weighted by molar-refractivity contribution is 5.59. The second kappa shape index (κ2) is 5.61. The first-order valence-electron chi connectivity index (χ1n) is 5.68. The Labute approximate surface area is 101 Å². The van der Waals surface area contributed by atoms with Crippen LogP contribution >= 0.6 is 0 Å². The average molecular weight is 231 g/mol. The first-order valence-corrected chi connectivity index (χ1v) is 5.68. The van der Waals surface area contributed by atoms with Crippen molar-refractivity contribution in [2.75, 3.05) is 20.2 Å². The van der Waals surface area contributed by atoms with Gasteiger partial charge in [0, 0.05) is 31.0 Å². The third-order valence-corrected chi connectivity index (χ3v) is 2.69.